The maximum Gasteiger partial charge on any atom is 0.251 e. The molecule has 0 fully saturated rings. The lowest BCUT2D eigenvalue weighted by Gasteiger charge is -2.30. The molecule has 0 aromatic heterocycles. The van der Waals surface area contributed by atoms with Crippen molar-refractivity contribution in [1.29, 1.82) is 0 Å². The molecule has 0 bridgehead atoms. The number of hydrogen-bond acceptors (Lipinski definition) is 4. The van der Waals surface area contributed by atoms with E-state index in [1.54, 1.807) is 25.4 Å². The van der Waals surface area contributed by atoms with Crippen LogP contribution in [0.4, 0.5) is 0 Å². The molecule has 5 heteroatoms. The minimum absolute atomic E-state index is 0.174. The number of nitrogens with one attached hydrogen (secondary N) is 2. The second-order valence-electron chi connectivity index (χ2n) is 5.98. The Kier molecular flexibility index (Phi) is 7.03. The van der Waals surface area contributed by atoms with Gasteiger partial charge in [0, 0.05) is 38.8 Å². The number of carbonyl (C=O) groups excluding carboxylic acids is 1. The van der Waals surface area contributed by atoms with Gasteiger partial charge in [-0.15, -0.1) is 0 Å². The summed E-state index contributed by atoms with van der Waals surface area (Å²) in [4.78, 5) is 14.3. The third kappa shape index (κ3) is 5.22. The van der Waals surface area contributed by atoms with Crippen LogP contribution in [0.2, 0.25) is 0 Å². The first-order chi connectivity index (χ1) is 11.6. The van der Waals surface area contributed by atoms with Crippen LogP contribution in [0.25, 0.3) is 0 Å². The topological polar surface area (TPSA) is 64.6 Å². The van der Waals surface area contributed by atoms with Crippen LogP contribution >= 0.6 is 0 Å². The monoisotopic (exact) mass is 329 g/mol. The number of allylic oxidation sites excluding steroid dienone is 1. The molecular weight excluding hydrogens is 302 g/mol. The molecule has 1 aromatic rings. The first-order valence-corrected chi connectivity index (χ1v) is 8.39. The lowest BCUT2D eigenvalue weighted by atomic mass is 10.00. The second kappa shape index (κ2) is 9.25. The Morgan fingerprint density at radius 2 is 2.12 bits per heavy atom. The van der Waals surface area contributed by atoms with Crippen molar-refractivity contribution in [3.63, 3.8) is 0 Å². The van der Waals surface area contributed by atoms with Crippen LogP contribution in [0.3, 0.4) is 0 Å². The Bertz CT molecular complexity index is 610. The summed E-state index contributed by atoms with van der Waals surface area (Å²) in [7, 11) is 1.78. The molecule has 0 saturated carbocycles. The fourth-order valence-corrected chi connectivity index (χ4v) is 2.86. The third-order valence-electron chi connectivity index (χ3n) is 4.18. The van der Waals surface area contributed by atoms with Crippen LogP contribution < -0.4 is 10.6 Å². The van der Waals surface area contributed by atoms with E-state index in [2.05, 4.69) is 39.8 Å². The summed E-state index contributed by atoms with van der Waals surface area (Å²) in [5.74, 6) is -0.174. The highest BCUT2D eigenvalue weighted by atomic mass is 16.3. The number of nitrogens with zero attached hydrogens (tertiary/aromatic N) is 1. The molecule has 0 spiro atoms. The van der Waals surface area contributed by atoms with E-state index in [0.29, 0.717) is 12.1 Å². The van der Waals surface area contributed by atoms with Crippen molar-refractivity contribution in [2.75, 3.05) is 26.7 Å². The van der Waals surface area contributed by atoms with Gasteiger partial charge in [0.15, 0.2) is 0 Å². The van der Waals surface area contributed by atoms with Crippen molar-refractivity contribution in [3.05, 3.63) is 59.3 Å². The molecule has 1 aliphatic rings. The Morgan fingerprint density at radius 3 is 2.83 bits per heavy atom. The molecule has 0 saturated heterocycles. The lowest BCUT2D eigenvalue weighted by Crippen LogP contribution is -2.42. The predicted molar refractivity (Wildman–Crippen MR) is 96.4 cm³/mol. The Morgan fingerprint density at radius 1 is 1.38 bits per heavy atom. The fraction of sp³-hybridized carbons (Fsp3) is 0.421. The average Bonchev–Trinajstić information content (AvgIpc) is 2.60. The van der Waals surface area contributed by atoms with E-state index in [4.69, 9.17) is 0 Å². The molecule has 1 aromatic carbocycles. The van der Waals surface area contributed by atoms with Gasteiger partial charge in [-0.25, -0.2) is 0 Å². The van der Waals surface area contributed by atoms with Crippen LogP contribution in [-0.2, 0) is 17.8 Å². The van der Waals surface area contributed by atoms with E-state index in [9.17, 15) is 9.90 Å². The number of aliphatic hydroxyl groups excluding tert-OH is 1. The average molecular weight is 329 g/mol. The highest BCUT2D eigenvalue weighted by Crippen LogP contribution is 2.18. The van der Waals surface area contributed by atoms with Gasteiger partial charge in [-0.2, -0.15) is 0 Å². The van der Waals surface area contributed by atoms with E-state index in [-0.39, 0.29) is 12.5 Å². The molecule has 5 nitrogen and oxygen atoms in total. The maximum absolute atomic E-state index is 12.1. The smallest absolute Gasteiger partial charge is 0.251 e. The number of fused-ring (bicyclic) bond motifs is 1. The summed E-state index contributed by atoms with van der Waals surface area (Å²) in [6.45, 7) is 4.42. The van der Waals surface area contributed by atoms with Gasteiger partial charge >= 0.3 is 0 Å². The van der Waals surface area contributed by atoms with Crippen molar-refractivity contribution >= 4 is 5.91 Å². The summed E-state index contributed by atoms with van der Waals surface area (Å²) < 4.78 is 0. The molecule has 1 aliphatic heterocycles. The Hall–Kier alpha value is -2.11. The summed E-state index contributed by atoms with van der Waals surface area (Å²) in [6, 6.07) is 8.43. The van der Waals surface area contributed by atoms with Crippen LogP contribution in [0.5, 0.6) is 0 Å². The number of aliphatic hydroxyl groups is 1. The minimum atomic E-state index is -0.578. The van der Waals surface area contributed by atoms with E-state index in [0.717, 1.165) is 19.5 Å². The third-order valence-corrected chi connectivity index (χ3v) is 4.18. The van der Waals surface area contributed by atoms with Crippen LogP contribution in [0.15, 0.2) is 48.2 Å². The summed E-state index contributed by atoms with van der Waals surface area (Å²) in [5, 5.41) is 15.9. The number of rotatable bonds is 7. The number of carbonyl (C=O) groups is 1. The number of benzene rings is 1. The largest absolute Gasteiger partial charge is 0.394 e. The minimum Gasteiger partial charge on any atom is -0.394 e. The molecule has 3 N–H and O–H groups in total. The Labute approximate surface area is 144 Å². The summed E-state index contributed by atoms with van der Waals surface area (Å²) in [6.07, 6.45) is 5.59. The zero-order valence-electron chi connectivity index (χ0n) is 14.5. The van der Waals surface area contributed by atoms with Gasteiger partial charge < -0.3 is 15.7 Å². The van der Waals surface area contributed by atoms with Gasteiger partial charge in [-0.05, 0) is 36.7 Å². The van der Waals surface area contributed by atoms with Crippen molar-refractivity contribution in [1.82, 2.24) is 15.5 Å². The van der Waals surface area contributed by atoms with Crippen LogP contribution in [0.1, 0.15) is 18.1 Å². The van der Waals surface area contributed by atoms with E-state index < -0.39 is 6.10 Å². The van der Waals surface area contributed by atoms with Crippen molar-refractivity contribution < 1.29 is 9.90 Å². The molecule has 24 heavy (non-hydrogen) atoms. The molecule has 1 heterocycles. The van der Waals surface area contributed by atoms with Crippen LogP contribution in [0, 0.1) is 0 Å². The highest BCUT2D eigenvalue weighted by molar-refractivity contribution is 5.96. The molecule has 130 valence electrons. The standard InChI is InChI=1S/C19H27N3O2/c1-3-15(8-10-20-2)19(24)21-12-18(23)14-22-11-9-16-6-4-5-7-17(16)13-22/h3-8,10,18,20,23H,9,11-14H2,1-2H3,(H,21,24)/b10-8-,15-3+/t18-/m0/s1. The number of amides is 1. The maximum atomic E-state index is 12.1. The quantitative estimate of drug-likeness (QED) is 0.520. The van der Waals surface area contributed by atoms with Crippen molar-refractivity contribution in [3.8, 4) is 0 Å². The van der Waals surface area contributed by atoms with E-state index in [1.165, 1.54) is 11.1 Å². The molecule has 0 unspecified atom stereocenters. The van der Waals surface area contributed by atoms with Gasteiger partial charge in [-0.1, -0.05) is 30.3 Å². The first kappa shape index (κ1) is 18.2. The van der Waals surface area contributed by atoms with Gasteiger partial charge in [0.2, 0.25) is 0 Å². The van der Waals surface area contributed by atoms with E-state index in [1.807, 2.05) is 6.92 Å². The Balaban J connectivity index is 1.79. The second-order valence-corrected chi connectivity index (χ2v) is 5.98. The van der Waals surface area contributed by atoms with Gasteiger partial charge in [0.25, 0.3) is 5.91 Å². The fourth-order valence-electron chi connectivity index (χ4n) is 2.86. The van der Waals surface area contributed by atoms with Gasteiger partial charge in [0.1, 0.15) is 0 Å². The molecule has 1 amide bonds. The van der Waals surface area contributed by atoms with Gasteiger partial charge in [0.05, 0.1) is 6.10 Å². The zero-order valence-corrected chi connectivity index (χ0v) is 14.5. The number of β-amino-alcohol motifs (C(OH)–C–C–N with tert-alkyl or cyclic N) is 1. The highest BCUT2D eigenvalue weighted by Gasteiger charge is 2.18. The molecular formula is C19H27N3O2. The summed E-state index contributed by atoms with van der Waals surface area (Å²) >= 11 is 0. The van der Waals surface area contributed by atoms with Crippen molar-refractivity contribution in [2.24, 2.45) is 0 Å². The summed E-state index contributed by atoms with van der Waals surface area (Å²) in [5.41, 5.74) is 3.29. The van der Waals surface area contributed by atoms with E-state index >= 15 is 0 Å². The molecule has 0 radical (unpaired) electrons. The SMILES string of the molecule is C/C=C(\C=C/NC)C(=O)NC[C@H](O)CN1CCc2ccccc2C1. The lowest BCUT2D eigenvalue weighted by molar-refractivity contribution is -0.117. The van der Waals surface area contributed by atoms with Gasteiger partial charge in [-0.3, -0.25) is 9.69 Å². The molecule has 1 atom stereocenters. The molecule has 0 aliphatic carbocycles. The first-order valence-electron chi connectivity index (χ1n) is 8.39. The van der Waals surface area contributed by atoms with Crippen molar-refractivity contribution in [2.45, 2.75) is 26.0 Å². The van der Waals surface area contributed by atoms with Crippen LogP contribution in [-0.4, -0.2) is 48.7 Å². The number of hydrogen-bond donors (Lipinski definition) is 3. The normalized spacial score (nSPS) is 16.7. The molecule has 2 rings (SSSR count). The predicted octanol–water partition coefficient (Wildman–Crippen LogP) is 1.20. The zero-order chi connectivity index (χ0) is 17.4.